The Hall–Kier alpha value is -3.63. The second-order valence-corrected chi connectivity index (χ2v) is 6.73. The molecule has 4 rings (SSSR count). The number of aromatic nitrogens is 1. The molecule has 1 aliphatic heterocycles. The lowest BCUT2D eigenvalue weighted by atomic mass is 10.00. The summed E-state index contributed by atoms with van der Waals surface area (Å²) in [5.41, 5.74) is -1.86. The van der Waals surface area contributed by atoms with Gasteiger partial charge in [0, 0.05) is 19.2 Å². The van der Waals surface area contributed by atoms with Gasteiger partial charge in [0.1, 0.15) is 5.75 Å². The van der Waals surface area contributed by atoms with E-state index in [-0.39, 0.29) is 6.01 Å². The molecule has 0 saturated heterocycles. The zero-order valence-electron chi connectivity index (χ0n) is 15.5. The minimum Gasteiger partial charge on any atom is -0.497 e. The molecule has 0 N–H and O–H groups in total. The van der Waals surface area contributed by atoms with E-state index in [4.69, 9.17) is 9.15 Å². The van der Waals surface area contributed by atoms with E-state index in [1.807, 2.05) is 12.1 Å². The van der Waals surface area contributed by atoms with E-state index in [1.165, 1.54) is 0 Å². The number of rotatable bonds is 3. The van der Waals surface area contributed by atoms with Crippen LogP contribution in [0.4, 0.5) is 24.9 Å². The second-order valence-electron chi connectivity index (χ2n) is 6.73. The van der Waals surface area contributed by atoms with Gasteiger partial charge in [0.2, 0.25) is 5.58 Å². The number of benzene rings is 2. The van der Waals surface area contributed by atoms with Gasteiger partial charge >= 0.3 is 17.9 Å². The van der Waals surface area contributed by atoms with Gasteiger partial charge in [-0.25, -0.2) is 0 Å². The van der Waals surface area contributed by atoms with Crippen LogP contribution in [0, 0.1) is 10.1 Å². The monoisotopic (exact) mass is 421 g/mol. The third-order valence-electron chi connectivity index (χ3n) is 4.91. The highest BCUT2D eigenvalue weighted by molar-refractivity contribution is 5.86. The summed E-state index contributed by atoms with van der Waals surface area (Å²) in [7, 11) is 1.56. The Kier molecular flexibility index (Phi) is 4.60. The molecule has 30 heavy (non-hydrogen) atoms. The highest BCUT2D eigenvalue weighted by Gasteiger charge is 2.35. The van der Waals surface area contributed by atoms with E-state index in [0.717, 1.165) is 11.1 Å². The van der Waals surface area contributed by atoms with Crippen LogP contribution < -0.4 is 15.2 Å². The maximum atomic E-state index is 13.1. The first-order valence-electron chi connectivity index (χ1n) is 8.78. The predicted octanol–water partition coefficient (Wildman–Crippen LogP) is 3.69. The maximum absolute atomic E-state index is 13.1. The molecule has 11 heteroatoms. The maximum Gasteiger partial charge on any atom is 0.416 e. The zero-order chi connectivity index (χ0) is 21.6. The molecular weight excluding hydrogens is 407 g/mol. The zero-order valence-corrected chi connectivity index (χ0v) is 15.5. The van der Waals surface area contributed by atoms with Crippen LogP contribution in [0.25, 0.3) is 11.0 Å². The minimum atomic E-state index is -4.86. The first kappa shape index (κ1) is 19.7. The molecule has 0 aliphatic carbocycles. The van der Waals surface area contributed by atoms with Gasteiger partial charge in [0.15, 0.2) is 0 Å². The van der Waals surface area contributed by atoms with Gasteiger partial charge in [0.05, 0.1) is 23.0 Å². The molecule has 0 saturated carbocycles. The summed E-state index contributed by atoms with van der Waals surface area (Å²) in [6.45, 7) is 0.714. The highest BCUT2D eigenvalue weighted by atomic mass is 19.4. The van der Waals surface area contributed by atoms with Crippen LogP contribution in [-0.4, -0.2) is 23.6 Å². The lowest BCUT2D eigenvalue weighted by molar-refractivity contribution is -0.383. The van der Waals surface area contributed by atoms with Crippen LogP contribution in [0.2, 0.25) is 0 Å². The van der Waals surface area contributed by atoms with E-state index in [9.17, 15) is 28.1 Å². The van der Waals surface area contributed by atoms with Gasteiger partial charge in [-0.1, -0.05) is 6.07 Å². The molecule has 0 fully saturated rings. The van der Waals surface area contributed by atoms with Gasteiger partial charge in [0.25, 0.3) is 5.56 Å². The minimum absolute atomic E-state index is 0.183. The average Bonchev–Trinajstić information content (AvgIpc) is 2.71. The number of anilines is 1. The van der Waals surface area contributed by atoms with Crippen LogP contribution in [-0.2, 0) is 19.1 Å². The fourth-order valence-corrected chi connectivity index (χ4v) is 3.40. The summed E-state index contributed by atoms with van der Waals surface area (Å²) in [6, 6.07) is 6.19. The van der Waals surface area contributed by atoms with Crippen LogP contribution in [0.5, 0.6) is 5.75 Å². The number of methoxy groups -OCH3 is 1. The number of non-ortho nitro benzene ring substituents is 1. The number of fused-ring (bicyclic) bond motifs is 2. The van der Waals surface area contributed by atoms with Crippen molar-refractivity contribution >= 4 is 22.7 Å². The fourth-order valence-electron chi connectivity index (χ4n) is 3.40. The Morgan fingerprint density at radius 3 is 2.67 bits per heavy atom. The van der Waals surface area contributed by atoms with Crippen molar-refractivity contribution in [3.63, 3.8) is 0 Å². The summed E-state index contributed by atoms with van der Waals surface area (Å²) < 4.78 is 49.9. The Morgan fingerprint density at radius 2 is 2.00 bits per heavy atom. The molecule has 1 aromatic heterocycles. The third-order valence-corrected chi connectivity index (χ3v) is 4.91. The summed E-state index contributed by atoms with van der Waals surface area (Å²) in [5.74, 6) is 0.702. The standard InChI is InChI=1S/C19H14F3N3O5/c1-29-13-3-2-11-9-24(5-4-10(11)6-13)18-23-17(26)14-7-12(19(20,21)22)8-15(25(27)28)16(14)30-18/h2-3,6-8H,4-5,9H2,1H3. The molecule has 0 bridgehead atoms. The molecular formula is C19H14F3N3O5. The van der Waals surface area contributed by atoms with Crippen molar-refractivity contribution < 1.29 is 27.2 Å². The average molecular weight is 421 g/mol. The van der Waals surface area contributed by atoms with Gasteiger partial charge in [-0.2, -0.15) is 18.2 Å². The van der Waals surface area contributed by atoms with Crippen molar-refractivity contribution in [2.75, 3.05) is 18.6 Å². The largest absolute Gasteiger partial charge is 0.497 e. The van der Waals surface area contributed by atoms with Crippen molar-refractivity contribution in [3.8, 4) is 5.75 Å². The van der Waals surface area contributed by atoms with E-state index in [0.29, 0.717) is 37.4 Å². The van der Waals surface area contributed by atoms with Crippen LogP contribution >= 0.6 is 0 Å². The molecule has 156 valence electrons. The van der Waals surface area contributed by atoms with Crippen molar-refractivity contribution in [1.82, 2.24) is 4.98 Å². The molecule has 3 aromatic rings. The van der Waals surface area contributed by atoms with Crippen LogP contribution in [0.15, 0.2) is 39.5 Å². The van der Waals surface area contributed by atoms with Gasteiger partial charge in [-0.15, -0.1) is 0 Å². The number of nitro groups is 1. The van der Waals surface area contributed by atoms with E-state index in [2.05, 4.69) is 4.98 Å². The molecule has 8 nitrogen and oxygen atoms in total. The SMILES string of the molecule is COc1ccc2c(c1)CCN(c1nc(=O)c3cc(C(F)(F)F)cc([N+](=O)[O-])c3o1)C2. The highest BCUT2D eigenvalue weighted by Crippen LogP contribution is 2.36. The topological polar surface area (TPSA) is 98.7 Å². The van der Waals surface area contributed by atoms with Crippen molar-refractivity contribution in [2.45, 2.75) is 19.1 Å². The number of alkyl halides is 3. The normalized spacial score (nSPS) is 13.9. The summed E-state index contributed by atoms with van der Waals surface area (Å²) in [5, 5.41) is 10.8. The number of hydrogen-bond donors (Lipinski definition) is 0. The predicted molar refractivity (Wildman–Crippen MR) is 99.7 cm³/mol. The third kappa shape index (κ3) is 3.42. The van der Waals surface area contributed by atoms with Gasteiger partial charge < -0.3 is 14.1 Å². The fraction of sp³-hybridized carbons (Fsp3) is 0.263. The number of nitro benzene ring substituents is 1. The Morgan fingerprint density at radius 1 is 1.23 bits per heavy atom. The molecule has 0 atom stereocenters. The summed E-state index contributed by atoms with van der Waals surface area (Å²) in [4.78, 5) is 28.1. The number of hydrogen-bond acceptors (Lipinski definition) is 7. The lowest BCUT2D eigenvalue weighted by Crippen LogP contribution is -2.32. The second kappa shape index (κ2) is 7.01. The van der Waals surface area contributed by atoms with Crippen molar-refractivity contribution in [2.24, 2.45) is 0 Å². The molecule has 0 amide bonds. The Balaban J connectivity index is 1.80. The van der Waals surface area contributed by atoms with E-state index in [1.54, 1.807) is 18.1 Å². The van der Waals surface area contributed by atoms with E-state index >= 15 is 0 Å². The number of halogens is 3. The van der Waals surface area contributed by atoms with E-state index < -0.39 is 38.9 Å². The lowest BCUT2D eigenvalue weighted by Gasteiger charge is -2.28. The molecule has 0 radical (unpaired) electrons. The molecule has 0 spiro atoms. The summed E-state index contributed by atoms with van der Waals surface area (Å²) >= 11 is 0. The summed E-state index contributed by atoms with van der Waals surface area (Å²) in [6.07, 6.45) is -4.28. The Labute approximate surface area is 166 Å². The first-order chi connectivity index (χ1) is 14.2. The molecule has 2 aromatic carbocycles. The van der Waals surface area contributed by atoms with Crippen LogP contribution in [0.1, 0.15) is 16.7 Å². The van der Waals surface area contributed by atoms with Crippen LogP contribution in [0.3, 0.4) is 0 Å². The molecule has 1 aliphatic rings. The van der Waals surface area contributed by atoms with Gasteiger partial charge in [-0.3, -0.25) is 14.9 Å². The molecule has 0 unspecified atom stereocenters. The first-order valence-corrected chi connectivity index (χ1v) is 8.78. The van der Waals surface area contributed by atoms with Crippen molar-refractivity contribution in [1.29, 1.82) is 0 Å². The van der Waals surface area contributed by atoms with Crippen molar-refractivity contribution in [3.05, 3.63) is 67.5 Å². The Bertz CT molecular complexity index is 1220. The molecule has 2 heterocycles. The van der Waals surface area contributed by atoms with Gasteiger partial charge in [-0.05, 0) is 35.7 Å². The number of ether oxygens (including phenoxy) is 1. The quantitative estimate of drug-likeness (QED) is 0.470. The smallest absolute Gasteiger partial charge is 0.416 e. The number of nitrogens with zero attached hydrogens (tertiary/aromatic N) is 3.